The van der Waals surface area contributed by atoms with Crippen LogP contribution in [0.1, 0.15) is 66.7 Å². The highest BCUT2D eigenvalue weighted by Crippen LogP contribution is 2.44. The van der Waals surface area contributed by atoms with Gasteiger partial charge in [0.2, 0.25) is 0 Å². The van der Waals surface area contributed by atoms with Crippen molar-refractivity contribution in [1.82, 2.24) is 0 Å². The molecule has 6 heteroatoms. The normalized spacial score (nSPS) is 27.6. The molecule has 2 fully saturated rings. The van der Waals surface area contributed by atoms with Crippen LogP contribution in [0.25, 0.3) is 0 Å². The molecule has 0 bridgehead atoms. The number of aliphatic hydroxyl groups excluding tert-OH is 1. The van der Waals surface area contributed by atoms with Gasteiger partial charge in [0.15, 0.2) is 6.29 Å². The Balaban J connectivity index is 0.00000106. The van der Waals surface area contributed by atoms with E-state index in [1.54, 1.807) is 0 Å². The first-order valence-corrected chi connectivity index (χ1v) is 13.1. The van der Waals surface area contributed by atoms with E-state index < -0.39 is 6.29 Å². The van der Waals surface area contributed by atoms with Crippen LogP contribution in [0.5, 0.6) is 11.5 Å². The van der Waals surface area contributed by atoms with Gasteiger partial charge in [0.05, 0.1) is 19.3 Å². The van der Waals surface area contributed by atoms with E-state index in [0.717, 1.165) is 31.1 Å². The van der Waals surface area contributed by atoms with E-state index in [1.807, 2.05) is 45.0 Å². The van der Waals surface area contributed by atoms with Crippen molar-refractivity contribution in [2.24, 2.45) is 23.7 Å². The predicted molar refractivity (Wildman–Crippen MR) is 132 cm³/mol. The Labute approximate surface area is 194 Å². The van der Waals surface area contributed by atoms with Gasteiger partial charge < -0.3 is 19.3 Å². The average Bonchev–Trinajstić information content (AvgIpc) is 2.99. The van der Waals surface area contributed by atoms with E-state index in [-0.39, 0.29) is 5.92 Å². The van der Waals surface area contributed by atoms with Crippen molar-refractivity contribution in [3.8, 4) is 11.5 Å². The second kappa shape index (κ2) is 15.3. The van der Waals surface area contributed by atoms with Crippen molar-refractivity contribution in [2.45, 2.75) is 79.1 Å². The van der Waals surface area contributed by atoms with Crippen molar-refractivity contribution in [1.29, 1.82) is 0 Å². The van der Waals surface area contributed by atoms with E-state index in [0.29, 0.717) is 30.3 Å². The number of benzene rings is 1. The molecule has 30 heavy (non-hydrogen) atoms. The average molecular weight is 459 g/mol. The van der Waals surface area contributed by atoms with Crippen LogP contribution >= 0.6 is 23.3 Å². The summed E-state index contributed by atoms with van der Waals surface area (Å²) in [5.74, 6) is 3.33. The van der Waals surface area contributed by atoms with Gasteiger partial charge in [0, 0.05) is 5.92 Å². The summed E-state index contributed by atoms with van der Waals surface area (Å²) < 4.78 is 17.4. The van der Waals surface area contributed by atoms with Gasteiger partial charge in [-0.15, -0.1) is 23.3 Å². The quantitative estimate of drug-likeness (QED) is 0.261. The molecule has 1 saturated carbocycles. The van der Waals surface area contributed by atoms with Crippen LogP contribution in [0, 0.1) is 23.7 Å². The van der Waals surface area contributed by atoms with Gasteiger partial charge >= 0.3 is 0 Å². The number of fused-ring (bicyclic) bond motifs is 1. The van der Waals surface area contributed by atoms with Crippen LogP contribution in [0.15, 0.2) is 24.3 Å². The summed E-state index contributed by atoms with van der Waals surface area (Å²) in [5, 5.41) is 10.7. The third-order valence-corrected chi connectivity index (χ3v) is 6.30. The van der Waals surface area contributed by atoms with E-state index in [1.165, 1.54) is 19.3 Å². The number of rotatable bonds is 6. The first-order chi connectivity index (χ1) is 14.6. The summed E-state index contributed by atoms with van der Waals surface area (Å²) in [6.45, 7) is 11.7. The number of aliphatic hydroxyl groups is 1. The van der Waals surface area contributed by atoms with Crippen LogP contribution in [-0.4, -0.2) is 30.7 Å². The van der Waals surface area contributed by atoms with Gasteiger partial charge in [-0.05, 0) is 75.1 Å². The lowest BCUT2D eigenvalue weighted by molar-refractivity contribution is -0.0998. The molecule has 4 nitrogen and oxygen atoms in total. The van der Waals surface area contributed by atoms with Gasteiger partial charge in [-0.2, -0.15) is 0 Å². The molecule has 1 aromatic carbocycles. The zero-order chi connectivity index (χ0) is 22.5. The molecule has 0 aromatic heterocycles. The Morgan fingerprint density at radius 1 is 1.07 bits per heavy atom. The molecule has 1 saturated heterocycles. The molecule has 6 atom stereocenters. The minimum atomic E-state index is -0.794. The minimum absolute atomic E-state index is 0.0892. The molecule has 0 spiro atoms. The second-order valence-electron chi connectivity index (χ2n) is 8.01. The first kappa shape index (κ1) is 27.5. The Bertz CT molecular complexity index is 555. The summed E-state index contributed by atoms with van der Waals surface area (Å²) in [7, 11) is 0. The van der Waals surface area contributed by atoms with Crippen LogP contribution in [-0.2, 0) is 4.74 Å². The van der Waals surface area contributed by atoms with Crippen LogP contribution in [0.2, 0.25) is 0 Å². The molecule has 1 heterocycles. The highest BCUT2D eigenvalue weighted by Gasteiger charge is 2.40. The molecule has 2 aliphatic rings. The van der Waals surface area contributed by atoms with Crippen molar-refractivity contribution in [3.05, 3.63) is 24.3 Å². The van der Waals surface area contributed by atoms with Gasteiger partial charge in [0.25, 0.3) is 0 Å². The standard InChI is InChI=1S/C22H34O4.C2H6.H2S2/c1-4-24-18-10-12-19(13-11-18)26-22(23)16(3)20-7-5-6-17-9-8-15(2)25-14-21(17)20;2*1-2/h10-13,15-17,20-23H,4-9,14H2,1-3H3;1-2H3;1-2H. The third-order valence-electron chi connectivity index (χ3n) is 6.30. The lowest BCUT2D eigenvalue weighted by Gasteiger charge is -2.41. The fraction of sp³-hybridized carbons (Fsp3) is 0.750. The smallest absolute Gasteiger partial charge is 0.200 e. The second-order valence-corrected chi connectivity index (χ2v) is 8.01. The third kappa shape index (κ3) is 8.18. The first-order valence-electron chi connectivity index (χ1n) is 11.5. The molecule has 0 amide bonds. The van der Waals surface area contributed by atoms with E-state index >= 15 is 0 Å². The maximum Gasteiger partial charge on any atom is 0.200 e. The number of thiol groups is 2. The topological polar surface area (TPSA) is 47.9 Å². The highest BCUT2D eigenvalue weighted by molar-refractivity contribution is 8.59. The van der Waals surface area contributed by atoms with Crippen molar-refractivity contribution < 1.29 is 19.3 Å². The molecule has 1 aromatic rings. The molecule has 6 unspecified atom stereocenters. The molecule has 0 radical (unpaired) electrons. The van der Waals surface area contributed by atoms with Gasteiger partial charge in [-0.25, -0.2) is 0 Å². The van der Waals surface area contributed by atoms with Crippen LogP contribution in [0.3, 0.4) is 0 Å². The predicted octanol–water partition coefficient (Wildman–Crippen LogP) is 6.44. The van der Waals surface area contributed by atoms with Crippen LogP contribution in [0.4, 0.5) is 0 Å². The van der Waals surface area contributed by atoms with Crippen molar-refractivity contribution >= 4 is 23.3 Å². The van der Waals surface area contributed by atoms with Crippen LogP contribution < -0.4 is 9.47 Å². The molecule has 1 aliphatic carbocycles. The Morgan fingerprint density at radius 2 is 1.70 bits per heavy atom. The number of ether oxygens (including phenoxy) is 3. The molecular formula is C24H42O4S2. The molecule has 3 rings (SSSR count). The summed E-state index contributed by atoms with van der Waals surface area (Å²) >= 11 is 6.44. The molecular weight excluding hydrogens is 416 g/mol. The van der Waals surface area contributed by atoms with E-state index in [9.17, 15) is 5.11 Å². The maximum absolute atomic E-state index is 10.7. The molecule has 1 N–H and O–H groups in total. The zero-order valence-electron chi connectivity index (χ0n) is 19.3. The Kier molecular flexibility index (Phi) is 14.0. The summed E-state index contributed by atoms with van der Waals surface area (Å²) in [6, 6.07) is 7.49. The lowest BCUT2D eigenvalue weighted by Crippen LogP contribution is -2.40. The fourth-order valence-electron chi connectivity index (χ4n) is 4.71. The summed E-state index contributed by atoms with van der Waals surface area (Å²) in [4.78, 5) is 0. The Hall–Kier alpha value is -0.560. The van der Waals surface area contributed by atoms with E-state index in [2.05, 4.69) is 37.2 Å². The largest absolute Gasteiger partial charge is 0.494 e. The van der Waals surface area contributed by atoms with Gasteiger partial charge in [-0.1, -0.05) is 33.6 Å². The molecule has 1 aliphatic heterocycles. The van der Waals surface area contributed by atoms with Gasteiger partial charge in [0.1, 0.15) is 11.5 Å². The monoisotopic (exact) mass is 458 g/mol. The fourth-order valence-corrected chi connectivity index (χ4v) is 4.71. The lowest BCUT2D eigenvalue weighted by atomic mass is 9.66. The van der Waals surface area contributed by atoms with E-state index in [4.69, 9.17) is 14.2 Å². The minimum Gasteiger partial charge on any atom is -0.494 e. The summed E-state index contributed by atoms with van der Waals surface area (Å²) in [6.07, 6.45) is 5.70. The SMILES string of the molecule is CC.CCOc1ccc(OC(O)C(C)C2CCCC3CCC(C)OCC32)cc1.SS. The zero-order valence-corrected chi connectivity index (χ0v) is 21.1. The van der Waals surface area contributed by atoms with Crippen molar-refractivity contribution in [3.63, 3.8) is 0 Å². The molecule has 174 valence electrons. The highest BCUT2D eigenvalue weighted by atomic mass is 33.1. The summed E-state index contributed by atoms with van der Waals surface area (Å²) in [5.41, 5.74) is 0. The number of hydrogen-bond acceptors (Lipinski definition) is 6. The Morgan fingerprint density at radius 3 is 2.33 bits per heavy atom. The van der Waals surface area contributed by atoms with Gasteiger partial charge in [-0.3, -0.25) is 0 Å². The van der Waals surface area contributed by atoms with Crippen molar-refractivity contribution in [2.75, 3.05) is 13.2 Å². The maximum atomic E-state index is 10.7. The number of hydrogen-bond donors (Lipinski definition) is 3.